The van der Waals surface area contributed by atoms with Gasteiger partial charge in [-0.05, 0) is 42.9 Å². The van der Waals surface area contributed by atoms with Crippen molar-refractivity contribution in [3.63, 3.8) is 0 Å². The number of hydrogen-bond donors (Lipinski definition) is 0. The van der Waals surface area contributed by atoms with E-state index in [4.69, 9.17) is 4.74 Å². The summed E-state index contributed by atoms with van der Waals surface area (Å²) >= 11 is 0. The molecule has 3 saturated carbocycles. The molecule has 0 aromatic rings. The molecule has 4 aliphatic rings. The molecule has 60 valence electrons. The quantitative estimate of drug-likeness (QED) is 0.482. The second-order valence-electron chi connectivity index (χ2n) is 5.21. The number of ether oxygens (including phenoxy) is 1. The molecule has 1 nitrogen and oxygen atoms in total. The molecule has 1 heterocycles. The van der Waals surface area contributed by atoms with Crippen LogP contribution >= 0.6 is 0 Å². The lowest BCUT2D eigenvalue weighted by Crippen LogP contribution is -2.19. The first-order valence-electron chi connectivity index (χ1n) is 4.99. The summed E-state index contributed by atoms with van der Waals surface area (Å²) < 4.78 is 5.60. The first-order chi connectivity index (χ1) is 5.34. The molecule has 1 saturated heterocycles. The molecule has 4 unspecified atom stereocenters. The second kappa shape index (κ2) is 1.28. The summed E-state index contributed by atoms with van der Waals surface area (Å²) in [6.07, 6.45) is 10.4. The third-order valence-electron chi connectivity index (χ3n) is 4.86. The van der Waals surface area contributed by atoms with Crippen molar-refractivity contribution in [2.24, 2.45) is 10.8 Å². The summed E-state index contributed by atoms with van der Waals surface area (Å²) in [5.41, 5.74) is 1.65. The fraction of sp³-hybridized carbons (Fsp3) is 1.00. The van der Waals surface area contributed by atoms with Gasteiger partial charge in [0.25, 0.3) is 0 Å². The van der Waals surface area contributed by atoms with Gasteiger partial charge in [0.15, 0.2) is 0 Å². The molecule has 0 aromatic heterocycles. The molecule has 0 aromatic carbocycles. The van der Waals surface area contributed by atoms with E-state index in [0.29, 0.717) is 12.2 Å². The van der Waals surface area contributed by atoms with E-state index in [1.54, 1.807) is 6.42 Å². The molecule has 4 fully saturated rings. The highest BCUT2D eigenvalue weighted by Crippen LogP contribution is 2.81. The van der Waals surface area contributed by atoms with E-state index in [9.17, 15) is 0 Å². The van der Waals surface area contributed by atoms with Crippen LogP contribution in [0.25, 0.3) is 0 Å². The van der Waals surface area contributed by atoms with Crippen molar-refractivity contribution >= 4 is 0 Å². The smallest absolute Gasteiger partial charge is 0.0847 e. The molecule has 1 aliphatic heterocycles. The van der Waals surface area contributed by atoms with Gasteiger partial charge in [-0.3, -0.25) is 0 Å². The topological polar surface area (TPSA) is 12.5 Å². The highest BCUT2D eigenvalue weighted by molar-refractivity contribution is 5.24. The molecule has 0 spiro atoms. The van der Waals surface area contributed by atoms with Crippen LogP contribution < -0.4 is 0 Å². The number of fused-ring (bicyclic) bond motifs is 1. The Hall–Kier alpha value is -0.0400. The van der Waals surface area contributed by atoms with Gasteiger partial charge < -0.3 is 4.74 Å². The Bertz CT molecular complexity index is 215. The van der Waals surface area contributed by atoms with Crippen LogP contribution in [-0.4, -0.2) is 12.2 Å². The van der Waals surface area contributed by atoms with Crippen molar-refractivity contribution in [2.45, 2.75) is 50.7 Å². The molecule has 1 heteroatoms. The van der Waals surface area contributed by atoms with Crippen molar-refractivity contribution in [2.75, 3.05) is 0 Å². The lowest BCUT2D eigenvalue weighted by molar-refractivity contribution is 0.309. The summed E-state index contributed by atoms with van der Waals surface area (Å²) in [5, 5.41) is 0. The summed E-state index contributed by atoms with van der Waals surface area (Å²) in [7, 11) is 0. The van der Waals surface area contributed by atoms with E-state index in [0.717, 1.165) is 10.8 Å². The molecule has 3 aliphatic carbocycles. The fourth-order valence-electron chi connectivity index (χ4n) is 4.17. The molecular weight excluding hydrogens is 136 g/mol. The average Bonchev–Trinajstić information content (AvgIpc) is 2.76. The Kier molecular flexibility index (Phi) is 0.651. The maximum Gasteiger partial charge on any atom is 0.0847 e. The molecule has 0 N–H and O–H groups in total. The molecule has 0 amide bonds. The molecule has 0 radical (unpaired) electrons. The van der Waals surface area contributed by atoms with Crippen molar-refractivity contribution in [1.29, 1.82) is 0 Å². The van der Waals surface area contributed by atoms with Gasteiger partial charge in [0.1, 0.15) is 0 Å². The number of rotatable bonds is 0. The molecule has 11 heavy (non-hydrogen) atoms. The van der Waals surface area contributed by atoms with E-state index in [1.807, 2.05) is 0 Å². The van der Waals surface area contributed by atoms with Gasteiger partial charge in [-0.2, -0.15) is 0 Å². The van der Waals surface area contributed by atoms with Gasteiger partial charge in [0, 0.05) is 0 Å². The number of epoxide rings is 1. The van der Waals surface area contributed by atoms with Crippen molar-refractivity contribution < 1.29 is 4.74 Å². The third-order valence-corrected chi connectivity index (χ3v) is 4.86. The minimum Gasteiger partial charge on any atom is -0.370 e. The van der Waals surface area contributed by atoms with Crippen LogP contribution in [0.15, 0.2) is 0 Å². The normalized spacial score (nSPS) is 69.8. The Labute approximate surface area is 67.1 Å². The van der Waals surface area contributed by atoms with Gasteiger partial charge in [0.05, 0.1) is 12.2 Å². The Morgan fingerprint density at radius 2 is 1.64 bits per heavy atom. The fourth-order valence-corrected chi connectivity index (χ4v) is 4.17. The van der Waals surface area contributed by atoms with Crippen molar-refractivity contribution in [1.82, 2.24) is 0 Å². The standard InChI is InChI=1S/C10H14O/c1-2-9-4-7-8(11-7)5-10(9,3-1)6-9/h7-8H,1-6H2. The summed E-state index contributed by atoms with van der Waals surface area (Å²) in [4.78, 5) is 0. The molecule has 4 atom stereocenters. The van der Waals surface area contributed by atoms with Gasteiger partial charge >= 0.3 is 0 Å². The third kappa shape index (κ3) is 0.462. The minimum absolute atomic E-state index is 0.712. The van der Waals surface area contributed by atoms with Gasteiger partial charge in [-0.15, -0.1) is 0 Å². The van der Waals surface area contributed by atoms with Crippen molar-refractivity contribution in [3.8, 4) is 0 Å². The zero-order valence-corrected chi connectivity index (χ0v) is 6.81. The molecular formula is C10H14O. The zero-order chi connectivity index (χ0) is 7.10. The minimum atomic E-state index is 0.712. The summed E-state index contributed by atoms with van der Waals surface area (Å²) in [6.45, 7) is 0. The monoisotopic (exact) mass is 150 g/mol. The van der Waals surface area contributed by atoms with Crippen LogP contribution in [0.1, 0.15) is 38.5 Å². The Balaban J connectivity index is 1.78. The van der Waals surface area contributed by atoms with E-state index in [1.165, 1.54) is 32.1 Å². The van der Waals surface area contributed by atoms with Gasteiger partial charge in [-0.25, -0.2) is 0 Å². The molecule has 0 bridgehead atoms. The Morgan fingerprint density at radius 1 is 1.00 bits per heavy atom. The van der Waals surface area contributed by atoms with Crippen LogP contribution in [-0.2, 0) is 4.74 Å². The SMILES string of the molecule is C1CC23CC4OC4CC2(C1)C3. The first kappa shape index (κ1) is 5.58. The maximum atomic E-state index is 5.60. The molecule has 4 rings (SSSR count). The van der Waals surface area contributed by atoms with Crippen LogP contribution in [0, 0.1) is 10.8 Å². The Morgan fingerprint density at radius 3 is 2.27 bits per heavy atom. The van der Waals surface area contributed by atoms with Crippen LogP contribution in [0.3, 0.4) is 0 Å². The zero-order valence-electron chi connectivity index (χ0n) is 6.81. The van der Waals surface area contributed by atoms with Gasteiger partial charge in [-0.1, -0.05) is 6.42 Å². The van der Waals surface area contributed by atoms with Crippen molar-refractivity contribution in [3.05, 3.63) is 0 Å². The first-order valence-corrected chi connectivity index (χ1v) is 4.99. The van der Waals surface area contributed by atoms with E-state index < -0.39 is 0 Å². The second-order valence-corrected chi connectivity index (χ2v) is 5.21. The van der Waals surface area contributed by atoms with E-state index in [2.05, 4.69) is 0 Å². The predicted octanol–water partition coefficient (Wildman–Crippen LogP) is 2.11. The largest absolute Gasteiger partial charge is 0.370 e. The lowest BCUT2D eigenvalue weighted by atomic mass is 9.82. The van der Waals surface area contributed by atoms with Gasteiger partial charge in [0.2, 0.25) is 0 Å². The van der Waals surface area contributed by atoms with Crippen LogP contribution in [0.2, 0.25) is 0 Å². The van der Waals surface area contributed by atoms with Crippen LogP contribution in [0.5, 0.6) is 0 Å². The van der Waals surface area contributed by atoms with E-state index in [-0.39, 0.29) is 0 Å². The summed E-state index contributed by atoms with van der Waals surface area (Å²) in [5.74, 6) is 0. The summed E-state index contributed by atoms with van der Waals surface area (Å²) in [6, 6.07) is 0. The highest BCUT2D eigenvalue weighted by atomic mass is 16.6. The predicted molar refractivity (Wildman–Crippen MR) is 41.2 cm³/mol. The average molecular weight is 150 g/mol. The highest BCUT2D eigenvalue weighted by Gasteiger charge is 2.75. The van der Waals surface area contributed by atoms with E-state index >= 15 is 0 Å². The number of hydrogen-bond acceptors (Lipinski definition) is 1. The maximum absolute atomic E-state index is 5.60. The lowest BCUT2D eigenvalue weighted by Gasteiger charge is -2.20. The van der Waals surface area contributed by atoms with Crippen LogP contribution in [0.4, 0.5) is 0 Å².